The summed E-state index contributed by atoms with van der Waals surface area (Å²) in [7, 11) is 4.67. The third-order valence-electron chi connectivity index (χ3n) is 5.94. The molecule has 0 bridgehead atoms. The molecule has 0 unspecified atom stereocenters. The van der Waals surface area contributed by atoms with E-state index in [1.54, 1.807) is 0 Å². The van der Waals surface area contributed by atoms with Gasteiger partial charge in [0.05, 0.1) is 20.6 Å². The van der Waals surface area contributed by atoms with Gasteiger partial charge < -0.3 is 0 Å². The Morgan fingerprint density at radius 3 is 2.44 bits per heavy atom. The Bertz CT molecular complexity index is 892. The molecule has 0 saturated heterocycles. The van der Waals surface area contributed by atoms with Crippen molar-refractivity contribution in [3.05, 3.63) is 77.4 Å². The van der Waals surface area contributed by atoms with E-state index in [1.165, 1.54) is 65.4 Å². The predicted molar refractivity (Wildman–Crippen MR) is 121 cm³/mol. The van der Waals surface area contributed by atoms with Gasteiger partial charge in [-0.05, 0) is 72.6 Å². The van der Waals surface area contributed by atoms with E-state index in [9.17, 15) is 0 Å². The molecule has 142 valence electrons. The van der Waals surface area contributed by atoms with E-state index in [0.717, 1.165) is 10.9 Å². The van der Waals surface area contributed by atoms with Crippen molar-refractivity contribution in [2.45, 2.75) is 46.0 Å². The molecule has 0 aliphatic heterocycles. The van der Waals surface area contributed by atoms with Crippen LogP contribution in [0.25, 0.3) is 10.8 Å². The van der Waals surface area contributed by atoms with Crippen molar-refractivity contribution in [3.8, 4) is 0 Å². The first-order valence-corrected chi connectivity index (χ1v) is 10.4. The van der Waals surface area contributed by atoms with Gasteiger partial charge in [-0.3, -0.25) is 4.48 Å². The van der Waals surface area contributed by atoms with Crippen LogP contribution in [-0.4, -0.2) is 20.6 Å². The van der Waals surface area contributed by atoms with E-state index >= 15 is 0 Å². The van der Waals surface area contributed by atoms with Gasteiger partial charge in [-0.1, -0.05) is 55.5 Å². The average molecular weight is 361 g/mol. The fourth-order valence-corrected chi connectivity index (χ4v) is 4.04. The lowest BCUT2D eigenvalue weighted by molar-refractivity contribution is 0.382. The molecule has 3 aromatic rings. The SMILES string of the molecule is CCc1cccc([N+](C)(C)CCCCCc2c(C)ccc3ccccc23)c1. The molecule has 1 heteroatoms. The lowest BCUT2D eigenvalue weighted by Crippen LogP contribution is -2.41. The highest BCUT2D eigenvalue weighted by Crippen LogP contribution is 2.25. The molecule has 3 aromatic carbocycles. The number of aryl methyl sites for hydroxylation is 3. The maximum absolute atomic E-state index is 2.37. The molecular weight excluding hydrogens is 326 g/mol. The van der Waals surface area contributed by atoms with Crippen LogP contribution in [0.1, 0.15) is 42.9 Å². The highest BCUT2D eigenvalue weighted by molar-refractivity contribution is 5.86. The van der Waals surface area contributed by atoms with Crippen molar-refractivity contribution in [3.63, 3.8) is 0 Å². The van der Waals surface area contributed by atoms with E-state index in [1.807, 2.05) is 0 Å². The summed E-state index contributed by atoms with van der Waals surface area (Å²) in [6.07, 6.45) is 6.12. The summed E-state index contributed by atoms with van der Waals surface area (Å²) in [6, 6.07) is 22.4. The first-order valence-electron chi connectivity index (χ1n) is 10.4. The molecule has 0 amide bonds. The number of quaternary nitrogens is 1. The maximum Gasteiger partial charge on any atom is 0.132 e. The molecule has 0 saturated carbocycles. The second-order valence-corrected chi connectivity index (χ2v) is 8.32. The van der Waals surface area contributed by atoms with Gasteiger partial charge in [-0.15, -0.1) is 0 Å². The highest BCUT2D eigenvalue weighted by atomic mass is 15.3. The Morgan fingerprint density at radius 1 is 0.815 bits per heavy atom. The summed E-state index contributed by atoms with van der Waals surface area (Å²) >= 11 is 0. The van der Waals surface area contributed by atoms with Gasteiger partial charge in [0.1, 0.15) is 5.69 Å². The van der Waals surface area contributed by atoms with Gasteiger partial charge in [0.2, 0.25) is 0 Å². The molecule has 0 fully saturated rings. The van der Waals surface area contributed by atoms with Crippen LogP contribution in [-0.2, 0) is 12.8 Å². The van der Waals surface area contributed by atoms with Crippen molar-refractivity contribution in [2.24, 2.45) is 0 Å². The van der Waals surface area contributed by atoms with Gasteiger partial charge in [0.25, 0.3) is 0 Å². The minimum atomic E-state index is 0.973. The summed E-state index contributed by atoms with van der Waals surface area (Å²) in [5, 5.41) is 2.80. The van der Waals surface area contributed by atoms with E-state index < -0.39 is 0 Å². The van der Waals surface area contributed by atoms with Gasteiger partial charge in [0.15, 0.2) is 0 Å². The third kappa shape index (κ3) is 4.78. The molecule has 27 heavy (non-hydrogen) atoms. The number of nitrogens with zero attached hydrogens (tertiary/aromatic N) is 1. The Hall–Kier alpha value is -2.12. The second-order valence-electron chi connectivity index (χ2n) is 8.32. The minimum absolute atomic E-state index is 0.973. The molecule has 0 heterocycles. The normalized spacial score (nSPS) is 11.9. The molecule has 1 nitrogen and oxygen atoms in total. The lowest BCUT2D eigenvalue weighted by atomic mass is 9.95. The lowest BCUT2D eigenvalue weighted by Gasteiger charge is -2.29. The van der Waals surface area contributed by atoms with Crippen molar-refractivity contribution in [1.29, 1.82) is 0 Å². The van der Waals surface area contributed by atoms with E-state index in [2.05, 4.69) is 88.6 Å². The summed E-state index contributed by atoms with van der Waals surface area (Å²) in [5.74, 6) is 0. The number of fused-ring (bicyclic) bond motifs is 1. The summed E-state index contributed by atoms with van der Waals surface area (Å²) in [6.45, 7) is 5.68. The van der Waals surface area contributed by atoms with Gasteiger partial charge in [-0.25, -0.2) is 0 Å². The fraction of sp³-hybridized carbons (Fsp3) is 0.385. The van der Waals surface area contributed by atoms with Crippen molar-refractivity contribution < 1.29 is 0 Å². The third-order valence-corrected chi connectivity index (χ3v) is 5.94. The molecule has 0 atom stereocenters. The average Bonchev–Trinajstić information content (AvgIpc) is 2.69. The molecule has 0 aliphatic carbocycles. The van der Waals surface area contributed by atoms with Gasteiger partial charge in [0, 0.05) is 6.07 Å². The number of hydrogen-bond donors (Lipinski definition) is 0. The maximum atomic E-state index is 2.37. The molecule has 0 radical (unpaired) electrons. The zero-order valence-corrected chi connectivity index (χ0v) is 17.5. The number of benzene rings is 3. The van der Waals surface area contributed by atoms with Crippen LogP contribution in [0.5, 0.6) is 0 Å². The van der Waals surface area contributed by atoms with Crippen LogP contribution < -0.4 is 4.48 Å². The second kappa shape index (κ2) is 8.71. The van der Waals surface area contributed by atoms with Crippen molar-refractivity contribution >= 4 is 16.5 Å². The molecule has 3 rings (SSSR count). The molecule has 0 spiro atoms. The van der Waals surface area contributed by atoms with Gasteiger partial charge in [-0.2, -0.15) is 0 Å². The molecule has 0 aromatic heterocycles. The number of unbranched alkanes of at least 4 members (excludes halogenated alkanes) is 2. The summed E-state index contributed by atoms with van der Waals surface area (Å²) in [5.41, 5.74) is 5.84. The zero-order chi connectivity index (χ0) is 19.3. The number of rotatable bonds is 8. The monoisotopic (exact) mass is 360 g/mol. The summed E-state index contributed by atoms with van der Waals surface area (Å²) in [4.78, 5) is 0. The van der Waals surface area contributed by atoms with E-state index in [-0.39, 0.29) is 0 Å². The van der Waals surface area contributed by atoms with Crippen LogP contribution in [0.15, 0.2) is 60.7 Å². The van der Waals surface area contributed by atoms with E-state index in [4.69, 9.17) is 0 Å². The topological polar surface area (TPSA) is 0 Å². The smallest absolute Gasteiger partial charge is 0.132 e. The fourth-order valence-electron chi connectivity index (χ4n) is 4.04. The van der Waals surface area contributed by atoms with Crippen LogP contribution in [0.2, 0.25) is 0 Å². The first-order chi connectivity index (χ1) is 13.0. The Kier molecular flexibility index (Phi) is 6.34. The molecule has 0 N–H and O–H groups in total. The predicted octanol–water partition coefficient (Wildman–Crippen LogP) is 6.69. The van der Waals surface area contributed by atoms with Crippen LogP contribution >= 0.6 is 0 Å². The van der Waals surface area contributed by atoms with Crippen molar-refractivity contribution in [1.82, 2.24) is 4.48 Å². The zero-order valence-electron chi connectivity index (χ0n) is 17.5. The van der Waals surface area contributed by atoms with Crippen LogP contribution in [0.4, 0.5) is 5.69 Å². The Labute approximate surface area is 165 Å². The molecule has 0 aliphatic rings. The minimum Gasteiger partial charge on any atom is -0.296 e. The van der Waals surface area contributed by atoms with Crippen LogP contribution in [0, 0.1) is 6.92 Å². The largest absolute Gasteiger partial charge is 0.296 e. The Balaban J connectivity index is 1.56. The summed E-state index contributed by atoms with van der Waals surface area (Å²) < 4.78 is 0.973. The van der Waals surface area contributed by atoms with Crippen LogP contribution in [0.3, 0.4) is 0 Å². The standard InChI is InChI=1S/C26H34N/c1-5-22-12-11-14-24(20-22)27(3,4)19-10-6-7-15-25-21(2)17-18-23-13-8-9-16-26(23)25/h8-9,11-14,16-18,20H,5-7,10,15,19H2,1-4H3/q+1. The first kappa shape index (κ1) is 19.6. The Morgan fingerprint density at radius 2 is 1.63 bits per heavy atom. The van der Waals surface area contributed by atoms with Gasteiger partial charge >= 0.3 is 0 Å². The van der Waals surface area contributed by atoms with E-state index in [0.29, 0.717) is 0 Å². The number of hydrogen-bond acceptors (Lipinski definition) is 0. The highest BCUT2D eigenvalue weighted by Gasteiger charge is 2.18. The quantitative estimate of drug-likeness (QED) is 0.310. The molecular formula is C26H34N+. The van der Waals surface area contributed by atoms with Crippen molar-refractivity contribution in [2.75, 3.05) is 20.6 Å².